The zero-order chi connectivity index (χ0) is 13.2. The summed E-state index contributed by atoms with van der Waals surface area (Å²) in [5, 5.41) is 29.3. The number of hydrogen-bond acceptors (Lipinski definition) is 5. The Hall–Kier alpha value is -2.58. The van der Waals surface area contributed by atoms with Gasteiger partial charge in [0.1, 0.15) is 0 Å². The topological polar surface area (TPSA) is 124 Å². The van der Waals surface area contributed by atoms with Crippen LogP contribution in [0.2, 0.25) is 0 Å². The molecule has 0 aliphatic rings. The highest BCUT2D eigenvalue weighted by Gasteiger charge is 2.29. The van der Waals surface area contributed by atoms with Crippen LogP contribution in [-0.2, 0) is 4.79 Å². The van der Waals surface area contributed by atoms with Crippen LogP contribution in [-0.4, -0.2) is 20.9 Å². The first kappa shape index (κ1) is 12.5. The second kappa shape index (κ2) is 4.51. The van der Waals surface area contributed by atoms with Crippen molar-refractivity contribution in [3.8, 4) is 0 Å². The quantitative estimate of drug-likeness (QED) is 0.633. The first-order chi connectivity index (χ1) is 7.84. The molecule has 1 N–H and O–H groups in total. The molecule has 9 heteroatoms. The molecule has 0 fully saturated rings. The van der Waals surface area contributed by atoms with Gasteiger partial charge in [-0.15, -0.1) is 0 Å². The molecular weight excluding hydrogens is 239 g/mol. The molecule has 0 aliphatic heterocycles. The van der Waals surface area contributed by atoms with Crippen molar-refractivity contribution in [1.29, 1.82) is 0 Å². The summed E-state index contributed by atoms with van der Waals surface area (Å²) in [6.07, 6.45) is -2.60. The second-order valence-corrected chi connectivity index (χ2v) is 2.96. The smallest absolute Gasteiger partial charge is 0.343 e. The maximum Gasteiger partial charge on any atom is 0.343 e. The highest BCUT2D eigenvalue weighted by molar-refractivity contribution is 5.76. The molecule has 0 radical (unpaired) electrons. The van der Waals surface area contributed by atoms with Gasteiger partial charge in [-0.25, -0.2) is 9.18 Å². The van der Waals surface area contributed by atoms with E-state index in [-0.39, 0.29) is 0 Å². The lowest BCUT2D eigenvalue weighted by Crippen LogP contribution is -2.08. The van der Waals surface area contributed by atoms with Gasteiger partial charge in [0, 0.05) is 6.07 Å². The van der Waals surface area contributed by atoms with Crippen LogP contribution in [0.1, 0.15) is 11.7 Å². The minimum Gasteiger partial charge on any atom is -0.479 e. The zero-order valence-electron chi connectivity index (χ0n) is 8.07. The summed E-state index contributed by atoms with van der Waals surface area (Å²) < 4.78 is 13.1. The number of benzene rings is 1. The second-order valence-electron chi connectivity index (χ2n) is 2.96. The number of nitro benzene ring substituents is 2. The number of carbonyl (C=O) groups is 1. The Morgan fingerprint density at radius 3 is 2.29 bits per heavy atom. The van der Waals surface area contributed by atoms with Crippen molar-refractivity contribution in [3.05, 3.63) is 44.0 Å². The average Bonchev–Trinajstić information content (AvgIpc) is 2.26. The third-order valence-electron chi connectivity index (χ3n) is 1.91. The van der Waals surface area contributed by atoms with E-state index in [1.54, 1.807) is 0 Å². The van der Waals surface area contributed by atoms with Crippen molar-refractivity contribution < 1.29 is 24.1 Å². The van der Waals surface area contributed by atoms with Crippen LogP contribution in [0.3, 0.4) is 0 Å². The van der Waals surface area contributed by atoms with Crippen molar-refractivity contribution in [1.82, 2.24) is 0 Å². The molecular formula is C8H5FN2O6. The lowest BCUT2D eigenvalue weighted by molar-refractivity contribution is -0.394. The van der Waals surface area contributed by atoms with Gasteiger partial charge in [-0.05, 0) is 6.07 Å². The molecule has 0 aliphatic carbocycles. The fraction of sp³-hybridized carbons (Fsp3) is 0.125. The summed E-state index contributed by atoms with van der Waals surface area (Å²) in [5.41, 5.74) is -2.28. The van der Waals surface area contributed by atoms with Crippen molar-refractivity contribution >= 4 is 17.3 Å². The van der Waals surface area contributed by atoms with Gasteiger partial charge in [-0.1, -0.05) is 0 Å². The van der Waals surface area contributed by atoms with Crippen molar-refractivity contribution in [3.63, 3.8) is 0 Å². The molecule has 0 bridgehead atoms. The van der Waals surface area contributed by atoms with Gasteiger partial charge in [0.25, 0.3) is 11.4 Å². The average molecular weight is 244 g/mol. The number of rotatable bonds is 4. The number of non-ortho nitro benzene ring substituents is 1. The minimum absolute atomic E-state index is 0.519. The Balaban J connectivity index is 3.37. The molecule has 1 atom stereocenters. The van der Waals surface area contributed by atoms with Crippen molar-refractivity contribution in [2.75, 3.05) is 0 Å². The minimum atomic E-state index is -2.60. The fourth-order valence-electron chi connectivity index (χ4n) is 1.15. The molecule has 17 heavy (non-hydrogen) atoms. The van der Waals surface area contributed by atoms with Crippen LogP contribution < -0.4 is 0 Å². The molecule has 0 saturated heterocycles. The lowest BCUT2D eigenvalue weighted by atomic mass is 10.1. The number of carboxylic acids is 1. The van der Waals surface area contributed by atoms with Crippen molar-refractivity contribution in [2.24, 2.45) is 0 Å². The van der Waals surface area contributed by atoms with E-state index in [0.29, 0.717) is 6.07 Å². The standard InChI is InChI=1S/C8H5FN2O6/c9-7(8(12)13)5-2-1-4(10(14)15)3-6(5)11(16)17/h1-3,7H,(H,12,13)/t7-/m0/s1. The summed E-state index contributed by atoms with van der Waals surface area (Å²) in [6, 6.07) is 2.04. The Kier molecular flexibility index (Phi) is 3.31. The van der Waals surface area contributed by atoms with E-state index >= 15 is 0 Å². The van der Waals surface area contributed by atoms with Crippen LogP contribution in [0.15, 0.2) is 18.2 Å². The maximum atomic E-state index is 13.1. The molecule has 0 saturated carbocycles. The summed E-state index contributed by atoms with van der Waals surface area (Å²) >= 11 is 0. The van der Waals surface area contributed by atoms with Crippen LogP contribution in [0, 0.1) is 20.2 Å². The predicted molar refractivity (Wildman–Crippen MR) is 51.2 cm³/mol. The SMILES string of the molecule is O=C(O)[C@@H](F)c1ccc([N+](=O)[O-])cc1[N+](=O)[O-]. The van der Waals surface area contributed by atoms with Gasteiger partial charge >= 0.3 is 5.97 Å². The van der Waals surface area contributed by atoms with E-state index in [4.69, 9.17) is 5.11 Å². The molecule has 0 aromatic heterocycles. The van der Waals surface area contributed by atoms with E-state index in [1.165, 1.54) is 0 Å². The summed E-state index contributed by atoms with van der Waals surface area (Å²) in [6.45, 7) is 0. The number of halogens is 1. The van der Waals surface area contributed by atoms with E-state index in [2.05, 4.69) is 0 Å². The highest BCUT2D eigenvalue weighted by atomic mass is 19.1. The Bertz CT molecular complexity index is 503. The van der Waals surface area contributed by atoms with Gasteiger partial charge in [0.15, 0.2) is 0 Å². The first-order valence-corrected chi connectivity index (χ1v) is 4.14. The largest absolute Gasteiger partial charge is 0.479 e. The molecule has 0 spiro atoms. The van der Waals surface area contributed by atoms with Gasteiger partial charge in [-0.3, -0.25) is 20.2 Å². The monoisotopic (exact) mass is 244 g/mol. The number of hydrogen-bond donors (Lipinski definition) is 1. The van der Waals surface area contributed by atoms with E-state index in [9.17, 15) is 29.4 Å². The zero-order valence-corrected chi connectivity index (χ0v) is 8.07. The number of nitrogens with zero attached hydrogens (tertiary/aromatic N) is 2. The van der Waals surface area contributed by atoms with Crippen molar-refractivity contribution in [2.45, 2.75) is 6.17 Å². The van der Waals surface area contributed by atoms with Gasteiger partial charge < -0.3 is 5.11 Å². The lowest BCUT2D eigenvalue weighted by Gasteiger charge is -2.04. The highest BCUT2D eigenvalue weighted by Crippen LogP contribution is 2.31. The fourth-order valence-corrected chi connectivity index (χ4v) is 1.15. The van der Waals surface area contributed by atoms with E-state index < -0.39 is 38.9 Å². The Morgan fingerprint density at radius 2 is 1.88 bits per heavy atom. The molecule has 0 unspecified atom stereocenters. The maximum absolute atomic E-state index is 13.1. The van der Waals surface area contributed by atoms with Gasteiger partial charge in [0.05, 0.1) is 21.5 Å². The van der Waals surface area contributed by atoms with Crippen LogP contribution >= 0.6 is 0 Å². The number of aliphatic carboxylic acids is 1. The van der Waals surface area contributed by atoms with E-state index in [1.807, 2.05) is 0 Å². The number of nitro groups is 2. The normalized spacial score (nSPS) is 11.8. The first-order valence-electron chi connectivity index (χ1n) is 4.14. The van der Waals surface area contributed by atoms with Gasteiger partial charge in [0.2, 0.25) is 6.17 Å². The summed E-state index contributed by atoms with van der Waals surface area (Å²) in [4.78, 5) is 29.3. The third-order valence-corrected chi connectivity index (χ3v) is 1.91. The summed E-state index contributed by atoms with van der Waals surface area (Å²) in [7, 11) is 0. The Labute approximate surface area is 92.6 Å². The predicted octanol–water partition coefficient (Wildman–Crippen LogP) is 1.60. The molecule has 1 aromatic rings. The number of carboxylic acid groups (broad SMARTS) is 1. The number of alkyl halides is 1. The Morgan fingerprint density at radius 1 is 1.29 bits per heavy atom. The molecule has 0 heterocycles. The summed E-state index contributed by atoms with van der Waals surface area (Å²) in [5.74, 6) is -1.90. The molecule has 0 amide bonds. The molecule has 1 aromatic carbocycles. The third kappa shape index (κ3) is 2.51. The molecule has 8 nitrogen and oxygen atoms in total. The van der Waals surface area contributed by atoms with Crippen LogP contribution in [0.5, 0.6) is 0 Å². The van der Waals surface area contributed by atoms with Crippen LogP contribution in [0.25, 0.3) is 0 Å². The van der Waals surface area contributed by atoms with Gasteiger partial charge in [-0.2, -0.15) is 0 Å². The van der Waals surface area contributed by atoms with E-state index in [0.717, 1.165) is 12.1 Å². The van der Waals surface area contributed by atoms with Crippen LogP contribution in [0.4, 0.5) is 15.8 Å². The molecule has 1 rings (SSSR count). The molecule has 90 valence electrons.